The molecule has 1 aliphatic rings. The van der Waals surface area contributed by atoms with E-state index in [2.05, 4.69) is 27.0 Å². The fourth-order valence-corrected chi connectivity index (χ4v) is 4.20. The van der Waals surface area contributed by atoms with E-state index in [9.17, 15) is 4.79 Å². The van der Waals surface area contributed by atoms with Crippen LogP contribution >= 0.6 is 0 Å². The second kappa shape index (κ2) is 8.38. The summed E-state index contributed by atoms with van der Waals surface area (Å²) in [6, 6.07) is 12.2. The fourth-order valence-electron chi connectivity index (χ4n) is 4.20. The number of amides is 1. The molecule has 4 rings (SSSR count). The average molecular weight is 361 g/mol. The topological polar surface area (TPSA) is 49.0 Å². The first kappa shape index (κ1) is 17.8. The summed E-state index contributed by atoms with van der Waals surface area (Å²) in [5.41, 5.74) is 3.32. The largest absolute Gasteiger partial charge is 0.361 e. The second-order valence-electron chi connectivity index (χ2n) is 7.67. The third-order valence-electron chi connectivity index (χ3n) is 5.70. The Labute approximate surface area is 160 Å². The lowest BCUT2D eigenvalue weighted by Crippen LogP contribution is -2.36. The minimum atomic E-state index is 0.210. The van der Waals surface area contributed by atoms with E-state index >= 15 is 0 Å². The molecule has 2 aromatic heterocycles. The summed E-state index contributed by atoms with van der Waals surface area (Å²) in [6.07, 6.45) is 12.4. The van der Waals surface area contributed by atoms with E-state index in [0.717, 1.165) is 28.6 Å². The summed E-state index contributed by atoms with van der Waals surface area (Å²) < 4.78 is 0. The number of rotatable bonds is 6. The lowest BCUT2D eigenvalue weighted by atomic mass is 9.88. The highest BCUT2D eigenvalue weighted by atomic mass is 16.2. The van der Waals surface area contributed by atoms with E-state index in [1.54, 1.807) is 12.4 Å². The minimum Gasteiger partial charge on any atom is -0.361 e. The highest BCUT2D eigenvalue weighted by molar-refractivity contribution is 5.88. The molecule has 0 spiro atoms. The molecule has 1 N–H and O–H groups in total. The smallest absolute Gasteiger partial charge is 0.227 e. The SMILES string of the molecule is O=C(Cc1c[nH]c2ccccc12)N(Cc1ccncc1)CC1CCCCC1. The van der Waals surface area contributed by atoms with Crippen LogP contribution in [0.1, 0.15) is 43.2 Å². The molecular formula is C23H27N3O. The highest BCUT2D eigenvalue weighted by Crippen LogP contribution is 2.26. The van der Waals surface area contributed by atoms with Crippen molar-refractivity contribution < 1.29 is 4.79 Å². The predicted octanol–water partition coefficient (Wildman–Crippen LogP) is 4.71. The fraction of sp³-hybridized carbons (Fsp3) is 0.391. The number of nitrogens with zero attached hydrogens (tertiary/aromatic N) is 2. The molecule has 1 aliphatic carbocycles. The molecule has 1 aromatic carbocycles. The summed E-state index contributed by atoms with van der Waals surface area (Å²) in [5, 5.41) is 1.15. The minimum absolute atomic E-state index is 0.210. The van der Waals surface area contributed by atoms with Crippen LogP contribution in [0.3, 0.4) is 0 Å². The van der Waals surface area contributed by atoms with Crippen molar-refractivity contribution in [3.63, 3.8) is 0 Å². The number of para-hydroxylation sites is 1. The van der Waals surface area contributed by atoms with Crippen molar-refractivity contribution in [2.75, 3.05) is 6.54 Å². The molecule has 4 heteroatoms. The molecular weight excluding hydrogens is 334 g/mol. The van der Waals surface area contributed by atoms with Gasteiger partial charge in [-0.2, -0.15) is 0 Å². The number of aromatic nitrogens is 2. The van der Waals surface area contributed by atoms with Crippen molar-refractivity contribution in [1.82, 2.24) is 14.9 Å². The molecule has 0 radical (unpaired) electrons. The number of aromatic amines is 1. The van der Waals surface area contributed by atoms with Gasteiger partial charge in [0.1, 0.15) is 0 Å². The standard InChI is InChI=1S/C23H27N3O/c27-23(14-20-15-25-22-9-5-4-8-21(20)22)26(16-18-6-2-1-3-7-18)17-19-10-12-24-13-11-19/h4-5,8-13,15,18,25H,1-3,6-7,14,16-17H2. The van der Waals surface area contributed by atoms with Crippen LogP contribution < -0.4 is 0 Å². The summed E-state index contributed by atoms with van der Waals surface area (Å²) in [5.74, 6) is 0.842. The Morgan fingerprint density at radius 2 is 1.85 bits per heavy atom. The predicted molar refractivity (Wildman–Crippen MR) is 108 cm³/mol. The number of hydrogen-bond acceptors (Lipinski definition) is 2. The number of benzene rings is 1. The van der Waals surface area contributed by atoms with Gasteiger partial charge in [0, 0.05) is 42.6 Å². The maximum absolute atomic E-state index is 13.2. The number of hydrogen-bond donors (Lipinski definition) is 1. The van der Waals surface area contributed by atoms with Crippen LogP contribution in [0.4, 0.5) is 0 Å². The van der Waals surface area contributed by atoms with Gasteiger partial charge in [-0.05, 0) is 48.1 Å². The van der Waals surface area contributed by atoms with E-state index < -0.39 is 0 Å². The van der Waals surface area contributed by atoms with Crippen LogP contribution in [-0.4, -0.2) is 27.3 Å². The van der Waals surface area contributed by atoms with Crippen molar-refractivity contribution in [2.45, 2.75) is 45.1 Å². The maximum Gasteiger partial charge on any atom is 0.227 e. The van der Waals surface area contributed by atoms with Gasteiger partial charge < -0.3 is 9.88 Å². The first-order valence-corrected chi connectivity index (χ1v) is 10.0. The molecule has 1 amide bonds. The zero-order chi connectivity index (χ0) is 18.5. The molecule has 1 saturated carbocycles. The van der Waals surface area contributed by atoms with Crippen molar-refractivity contribution in [1.29, 1.82) is 0 Å². The Hall–Kier alpha value is -2.62. The first-order chi connectivity index (χ1) is 13.3. The molecule has 27 heavy (non-hydrogen) atoms. The van der Waals surface area contributed by atoms with Crippen molar-refractivity contribution in [3.8, 4) is 0 Å². The molecule has 140 valence electrons. The third-order valence-corrected chi connectivity index (χ3v) is 5.70. The Bertz CT molecular complexity index is 881. The van der Waals surface area contributed by atoms with Crippen molar-refractivity contribution in [2.24, 2.45) is 5.92 Å². The van der Waals surface area contributed by atoms with Crippen LogP contribution in [0.25, 0.3) is 10.9 Å². The van der Waals surface area contributed by atoms with Crippen molar-refractivity contribution in [3.05, 3.63) is 66.1 Å². The molecule has 0 bridgehead atoms. The van der Waals surface area contributed by atoms with Gasteiger partial charge in [-0.25, -0.2) is 0 Å². The summed E-state index contributed by atoms with van der Waals surface area (Å²) in [7, 11) is 0. The normalized spacial score (nSPS) is 15.1. The summed E-state index contributed by atoms with van der Waals surface area (Å²) in [4.78, 5) is 22.7. The number of H-pyrrole nitrogens is 1. The van der Waals surface area contributed by atoms with Gasteiger partial charge in [0.05, 0.1) is 6.42 Å². The van der Waals surface area contributed by atoms with Crippen molar-refractivity contribution >= 4 is 16.8 Å². The number of carbonyl (C=O) groups is 1. The van der Waals surface area contributed by atoms with Gasteiger partial charge in [0.2, 0.25) is 5.91 Å². The Kier molecular flexibility index (Phi) is 5.52. The molecule has 0 saturated heterocycles. The lowest BCUT2D eigenvalue weighted by molar-refractivity contribution is -0.131. The zero-order valence-electron chi connectivity index (χ0n) is 15.7. The number of nitrogens with one attached hydrogen (secondary N) is 1. The van der Waals surface area contributed by atoms with Crippen LogP contribution in [0.2, 0.25) is 0 Å². The summed E-state index contributed by atoms with van der Waals surface area (Å²) >= 11 is 0. The van der Waals surface area contributed by atoms with E-state index in [-0.39, 0.29) is 5.91 Å². The highest BCUT2D eigenvalue weighted by Gasteiger charge is 2.22. The number of carbonyl (C=O) groups excluding carboxylic acids is 1. The van der Waals surface area contributed by atoms with Gasteiger partial charge in [0.25, 0.3) is 0 Å². The molecule has 4 nitrogen and oxygen atoms in total. The van der Waals surface area contributed by atoms with Gasteiger partial charge in [-0.1, -0.05) is 37.5 Å². The van der Waals surface area contributed by atoms with Gasteiger partial charge in [-0.3, -0.25) is 9.78 Å². The van der Waals surface area contributed by atoms with Gasteiger partial charge in [-0.15, -0.1) is 0 Å². The monoisotopic (exact) mass is 361 g/mol. The third kappa shape index (κ3) is 4.38. The molecule has 0 atom stereocenters. The first-order valence-electron chi connectivity index (χ1n) is 10.0. The van der Waals surface area contributed by atoms with Gasteiger partial charge in [0.15, 0.2) is 0 Å². The molecule has 3 aromatic rings. The second-order valence-corrected chi connectivity index (χ2v) is 7.67. The molecule has 1 fully saturated rings. The van der Waals surface area contributed by atoms with E-state index in [0.29, 0.717) is 18.9 Å². The molecule has 2 heterocycles. The quantitative estimate of drug-likeness (QED) is 0.691. The Morgan fingerprint density at radius 1 is 1.07 bits per heavy atom. The van der Waals surface area contributed by atoms with Crippen LogP contribution in [0, 0.1) is 5.92 Å². The number of fused-ring (bicyclic) bond motifs is 1. The van der Waals surface area contributed by atoms with E-state index in [4.69, 9.17) is 0 Å². The van der Waals surface area contributed by atoms with Gasteiger partial charge >= 0.3 is 0 Å². The van der Waals surface area contributed by atoms with E-state index in [1.165, 1.54) is 32.1 Å². The molecule has 0 aliphatic heterocycles. The zero-order valence-corrected chi connectivity index (χ0v) is 15.7. The average Bonchev–Trinajstić information content (AvgIpc) is 3.12. The molecule has 0 unspecified atom stereocenters. The maximum atomic E-state index is 13.2. The van der Waals surface area contributed by atoms with Crippen LogP contribution in [0.5, 0.6) is 0 Å². The number of pyridine rings is 1. The summed E-state index contributed by atoms with van der Waals surface area (Å²) in [6.45, 7) is 1.53. The Balaban J connectivity index is 1.51. The van der Waals surface area contributed by atoms with Crippen LogP contribution in [0.15, 0.2) is 55.0 Å². The van der Waals surface area contributed by atoms with E-state index in [1.807, 2.05) is 30.5 Å². The lowest BCUT2D eigenvalue weighted by Gasteiger charge is -2.30. The Morgan fingerprint density at radius 3 is 2.67 bits per heavy atom. The van der Waals surface area contributed by atoms with Crippen LogP contribution in [-0.2, 0) is 17.8 Å².